The lowest BCUT2D eigenvalue weighted by Gasteiger charge is -2.12. The van der Waals surface area contributed by atoms with E-state index in [9.17, 15) is 4.79 Å². The molecule has 3 aromatic rings. The quantitative estimate of drug-likeness (QED) is 0.510. The summed E-state index contributed by atoms with van der Waals surface area (Å²) in [4.78, 5) is 12.6. The second-order valence-electron chi connectivity index (χ2n) is 6.55. The van der Waals surface area contributed by atoms with Crippen molar-refractivity contribution >= 4 is 28.6 Å². The third-order valence-electron chi connectivity index (χ3n) is 4.52. The lowest BCUT2D eigenvalue weighted by Crippen LogP contribution is -2.10. The molecule has 0 atom stereocenters. The predicted molar refractivity (Wildman–Crippen MR) is 119 cm³/mol. The Balaban J connectivity index is 1.81. The number of benzene rings is 2. The molecule has 0 unspecified atom stereocenters. The Morgan fingerprint density at radius 1 is 1.17 bits per heavy atom. The van der Waals surface area contributed by atoms with Crippen LogP contribution in [0.1, 0.15) is 25.8 Å². The largest absolute Gasteiger partial charge is 0.494 e. The van der Waals surface area contributed by atoms with Gasteiger partial charge in [-0.3, -0.25) is 4.79 Å². The van der Waals surface area contributed by atoms with Gasteiger partial charge in [0.1, 0.15) is 11.5 Å². The molecule has 1 aromatic heterocycles. The van der Waals surface area contributed by atoms with Crippen LogP contribution < -0.4 is 14.8 Å². The number of nitrogens with one attached hydrogen (secondary N) is 1. The van der Waals surface area contributed by atoms with Gasteiger partial charge in [-0.2, -0.15) is 5.26 Å². The summed E-state index contributed by atoms with van der Waals surface area (Å²) in [6, 6.07) is 15.5. The van der Waals surface area contributed by atoms with E-state index in [1.54, 1.807) is 18.2 Å². The number of amides is 1. The van der Waals surface area contributed by atoms with E-state index in [1.165, 1.54) is 6.08 Å². The molecule has 154 valence electrons. The van der Waals surface area contributed by atoms with Crippen molar-refractivity contribution in [1.29, 1.82) is 5.26 Å². The van der Waals surface area contributed by atoms with Gasteiger partial charge in [-0.05, 0) is 38.1 Å². The number of nitrogens with zero attached hydrogens (tertiary/aromatic N) is 2. The Kier molecular flexibility index (Phi) is 7.12. The number of hydrogen-bond acceptors (Lipinski definition) is 4. The maximum Gasteiger partial charge on any atom is 0.248 e. The molecule has 0 fully saturated rings. The number of nitriles is 1. The van der Waals surface area contributed by atoms with Gasteiger partial charge in [0.25, 0.3) is 0 Å². The summed E-state index contributed by atoms with van der Waals surface area (Å²) in [7, 11) is 0. The number of aryl methyl sites for hydroxylation is 1. The van der Waals surface area contributed by atoms with Gasteiger partial charge >= 0.3 is 0 Å². The van der Waals surface area contributed by atoms with Gasteiger partial charge in [-0.25, -0.2) is 0 Å². The molecule has 0 aliphatic carbocycles. The van der Waals surface area contributed by atoms with Gasteiger partial charge < -0.3 is 19.4 Å². The number of para-hydroxylation sites is 1. The van der Waals surface area contributed by atoms with E-state index in [0.29, 0.717) is 43.4 Å². The van der Waals surface area contributed by atoms with Crippen molar-refractivity contribution in [2.75, 3.05) is 18.5 Å². The van der Waals surface area contributed by atoms with E-state index in [0.717, 1.165) is 16.5 Å². The minimum absolute atomic E-state index is 0.265. The zero-order chi connectivity index (χ0) is 21.3. The van der Waals surface area contributed by atoms with Crippen molar-refractivity contribution in [1.82, 2.24) is 4.57 Å². The summed E-state index contributed by atoms with van der Waals surface area (Å²) in [5.74, 6) is 0.995. The molecule has 6 nitrogen and oxygen atoms in total. The number of rotatable bonds is 9. The first-order chi connectivity index (χ1) is 14.7. The van der Waals surface area contributed by atoms with Crippen LogP contribution in [0.2, 0.25) is 0 Å². The highest BCUT2D eigenvalue weighted by atomic mass is 16.5. The van der Waals surface area contributed by atoms with Gasteiger partial charge in [0, 0.05) is 41.4 Å². The molecule has 0 saturated carbocycles. The first-order valence-electron chi connectivity index (χ1n) is 9.99. The molecule has 1 heterocycles. The highest BCUT2D eigenvalue weighted by molar-refractivity contribution is 6.04. The van der Waals surface area contributed by atoms with Crippen molar-refractivity contribution in [3.8, 4) is 17.6 Å². The Bertz CT molecular complexity index is 1090. The molecular weight excluding hydrogens is 378 g/mol. The Morgan fingerprint density at radius 2 is 1.97 bits per heavy atom. The number of ether oxygens (including phenoxy) is 2. The van der Waals surface area contributed by atoms with Crippen molar-refractivity contribution in [2.24, 2.45) is 0 Å². The lowest BCUT2D eigenvalue weighted by atomic mass is 10.1. The normalized spacial score (nSPS) is 10.8. The molecule has 6 heteroatoms. The van der Waals surface area contributed by atoms with Gasteiger partial charge in [-0.1, -0.05) is 18.2 Å². The number of anilines is 1. The van der Waals surface area contributed by atoms with Gasteiger partial charge in [-0.15, -0.1) is 0 Å². The highest BCUT2D eigenvalue weighted by Crippen LogP contribution is 2.29. The van der Waals surface area contributed by atoms with Crippen LogP contribution in [0, 0.1) is 11.3 Å². The number of carbonyl (C=O) groups is 1. The summed E-state index contributed by atoms with van der Waals surface area (Å²) < 4.78 is 13.2. The molecule has 0 aliphatic heterocycles. The minimum atomic E-state index is -0.265. The molecule has 0 saturated heterocycles. The second-order valence-corrected chi connectivity index (χ2v) is 6.55. The van der Waals surface area contributed by atoms with Crippen LogP contribution in [0.15, 0.2) is 54.7 Å². The molecule has 0 bridgehead atoms. The predicted octanol–water partition coefficient (Wildman–Crippen LogP) is 5.00. The second kappa shape index (κ2) is 10.2. The fraction of sp³-hybridized carbons (Fsp3) is 0.250. The fourth-order valence-electron chi connectivity index (χ4n) is 3.25. The topological polar surface area (TPSA) is 76.3 Å². The number of aromatic nitrogens is 1. The minimum Gasteiger partial charge on any atom is -0.494 e. The van der Waals surface area contributed by atoms with E-state index >= 15 is 0 Å². The highest BCUT2D eigenvalue weighted by Gasteiger charge is 2.10. The molecule has 0 radical (unpaired) electrons. The molecular formula is C24H25N3O3. The average Bonchev–Trinajstić information content (AvgIpc) is 3.11. The Hall–Kier alpha value is -3.72. The molecule has 1 N–H and O–H groups in total. The van der Waals surface area contributed by atoms with Crippen LogP contribution in [0.5, 0.6) is 11.5 Å². The first kappa shape index (κ1) is 21.0. The number of hydrogen-bond donors (Lipinski definition) is 1. The summed E-state index contributed by atoms with van der Waals surface area (Å²) in [5, 5.41) is 12.8. The zero-order valence-corrected chi connectivity index (χ0v) is 17.2. The first-order valence-corrected chi connectivity index (χ1v) is 9.99. The summed E-state index contributed by atoms with van der Waals surface area (Å²) in [6.45, 7) is 5.44. The van der Waals surface area contributed by atoms with Gasteiger partial charge in [0.15, 0.2) is 0 Å². The Labute approximate surface area is 176 Å². The van der Waals surface area contributed by atoms with E-state index in [1.807, 2.05) is 54.9 Å². The number of fused-ring (bicyclic) bond motifs is 1. The third-order valence-corrected chi connectivity index (χ3v) is 4.52. The van der Waals surface area contributed by atoms with E-state index in [-0.39, 0.29) is 5.91 Å². The molecule has 2 aromatic carbocycles. The van der Waals surface area contributed by atoms with Crippen molar-refractivity contribution < 1.29 is 14.3 Å². The van der Waals surface area contributed by atoms with Crippen molar-refractivity contribution in [3.63, 3.8) is 0 Å². The molecule has 3 rings (SSSR count). The van der Waals surface area contributed by atoms with Crippen molar-refractivity contribution in [3.05, 3.63) is 60.3 Å². The molecule has 1 amide bonds. The average molecular weight is 403 g/mol. The number of carbonyl (C=O) groups excluding carboxylic acids is 1. The van der Waals surface area contributed by atoms with Crippen LogP contribution in [0.3, 0.4) is 0 Å². The summed E-state index contributed by atoms with van der Waals surface area (Å²) >= 11 is 0. The van der Waals surface area contributed by atoms with E-state index in [2.05, 4.69) is 11.4 Å². The van der Waals surface area contributed by atoms with Crippen LogP contribution in [0.4, 0.5) is 5.69 Å². The SMILES string of the molecule is CCOc1ccc(OCC)c(NC(=O)/C=C/c2cn(CCC#N)c3ccccc23)c1. The molecule has 0 aliphatic rings. The van der Waals surface area contributed by atoms with Crippen LogP contribution in [-0.2, 0) is 11.3 Å². The fourth-order valence-corrected chi connectivity index (χ4v) is 3.25. The monoisotopic (exact) mass is 403 g/mol. The Morgan fingerprint density at radius 3 is 2.73 bits per heavy atom. The summed E-state index contributed by atoms with van der Waals surface area (Å²) in [5.41, 5.74) is 2.52. The van der Waals surface area contributed by atoms with E-state index < -0.39 is 0 Å². The lowest BCUT2D eigenvalue weighted by molar-refractivity contribution is -0.111. The third kappa shape index (κ3) is 5.00. The summed E-state index contributed by atoms with van der Waals surface area (Å²) in [6.07, 6.45) is 5.68. The smallest absolute Gasteiger partial charge is 0.248 e. The van der Waals surface area contributed by atoms with Crippen LogP contribution >= 0.6 is 0 Å². The molecule has 30 heavy (non-hydrogen) atoms. The molecule has 0 spiro atoms. The van der Waals surface area contributed by atoms with Gasteiger partial charge in [0.2, 0.25) is 5.91 Å². The standard InChI is InChI=1S/C24H25N3O3/c1-3-29-19-11-12-23(30-4-2)21(16-19)26-24(28)13-10-18-17-27(15-7-14-25)22-9-6-5-8-20(18)22/h5-6,8-13,16-17H,3-4,7,15H2,1-2H3,(H,26,28)/b13-10+. The maximum absolute atomic E-state index is 12.6. The van der Waals surface area contributed by atoms with E-state index in [4.69, 9.17) is 14.7 Å². The van der Waals surface area contributed by atoms with Gasteiger partial charge in [0.05, 0.1) is 31.4 Å². The van der Waals surface area contributed by atoms with Crippen LogP contribution in [-0.4, -0.2) is 23.7 Å². The van der Waals surface area contributed by atoms with Crippen LogP contribution in [0.25, 0.3) is 17.0 Å². The maximum atomic E-state index is 12.6. The zero-order valence-electron chi connectivity index (χ0n) is 17.2. The van der Waals surface area contributed by atoms with Crippen molar-refractivity contribution in [2.45, 2.75) is 26.8 Å².